The molecular weight excluding hydrogens is 414 g/mol. The first-order valence-corrected chi connectivity index (χ1v) is 11.4. The van der Waals surface area contributed by atoms with Crippen molar-refractivity contribution >= 4 is 5.91 Å². The lowest BCUT2D eigenvalue weighted by Crippen LogP contribution is -2.59. The highest BCUT2D eigenvalue weighted by molar-refractivity contribution is 5.88. The zero-order valence-corrected chi connectivity index (χ0v) is 18.9. The molecule has 2 aliphatic heterocycles. The van der Waals surface area contributed by atoms with Crippen LogP contribution in [0.25, 0.3) is 0 Å². The van der Waals surface area contributed by atoms with E-state index in [1.165, 1.54) is 5.56 Å². The summed E-state index contributed by atoms with van der Waals surface area (Å²) in [6, 6.07) is 22.3. The summed E-state index contributed by atoms with van der Waals surface area (Å²) in [4.78, 5) is 22.6. The number of morpholine rings is 1. The summed E-state index contributed by atoms with van der Waals surface area (Å²) in [5.74, 6) is 0.839. The number of carbonyl (C=O) groups is 1. The normalized spacial score (nSPS) is 23.2. The fourth-order valence-corrected chi connectivity index (χ4v) is 5.07. The van der Waals surface area contributed by atoms with Gasteiger partial charge in [-0.1, -0.05) is 48.5 Å². The molecule has 6 heteroatoms. The molecule has 33 heavy (non-hydrogen) atoms. The van der Waals surface area contributed by atoms with E-state index >= 15 is 0 Å². The summed E-state index contributed by atoms with van der Waals surface area (Å²) in [6.07, 6.45) is 3.64. The second-order valence-electron chi connectivity index (χ2n) is 8.81. The van der Waals surface area contributed by atoms with E-state index in [1.807, 2.05) is 47.5 Å². The van der Waals surface area contributed by atoms with E-state index in [1.54, 1.807) is 13.3 Å². The van der Waals surface area contributed by atoms with Gasteiger partial charge in [0.2, 0.25) is 0 Å². The number of benzene rings is 2. The highest BCUT2D eigenvalue weighted by atomic mass is 16.5. The molecule has 170 valence electrons. The number of likely N-dealkylation sites (tertiary alicyclic amines) is 1. The largest absolute Gasteiger partial charge is 0.497 e. The molecule has 6 nitrogen and oxygen atoms in total. The van der Waals surface area contributed by atoms with Crippen LogP contribution in [0, 0.1) is 0 Å². The van der Waals surface area contributed by atoms with Crippen LogP contribution in [0.1, 0.15) is 22.6 Å². The van der Waals surface area contributed by atoms with Gasteiger partial charge in [0.15, 0.2) is 5.60 Å². The van der Waals surface area contributed by atoms with Crippen LogP contribution in [-0.2, 0) is 22.6 Å². The Bertz CT molecular complexity index is 1070. The maximum Gasteiger partial charge on any atom is 0.257 e. The Labute approximate surface area is 194 Å². The van der Waals surface area contributed by atoms with E-state index in [2.05, 4.69) is 40.2 Å². The molecule has 1 aromatic heterocycles. The van der Waals surface area contributed by atoms with Crippen molar-refractivity contribution in [1.82, 2.24) is 14.8 Å². The molecule has 2 aliphatic rings. The quantitative estimate of drug-likeness (QED) is 0.584. The fourth-order valence-electron chi connectivity index (χ4n) is 5.07. The maximum absolute atomic E-state index is 14.0. The van der Waals surface area contributed by atoms with Crippen LogP contribution in [0.15, 0.2) is 79.1 Å². The second-order valence-corrected chi connectivity index (χ2v) is 8.81. The van der Waals surface area contributed by atoms with Gasteiger partial charge in [0.25, 0.3) is 5.91 Å². The number of amides is 1. The Kier molecular flexibility index (Phi) is 6.11. The van der Waals surface area contributed by atoms with Crippen molar-refractivity contribution < 1.29 is 14.3 Å². The molecule has 2 saturated heterocycles. The van der Waals surface area contributed by atoms with Crippen LogP contribution >= 0.6 is 0 Å². The summed E-state index contributed by atoms with van der Waals surface area (Å²) in [6.45, 7) is 3.78. The van der Waals surface area contributed by atoms with E-state index in [0.29, 0.717) is 26.2 Å². The molecule has 3 aromatic rings. The lowest BCUT2D eigenvalue weighted by atomic mass is 9.83. The average molecular weight is 444 g/mol. The predicted molar refractivity (Wildman–Crippen MR) is 126 cm³/mol. The molecule has 0 saturated carbocycles. The lowest BCUT2D eigenvalue weighted by molar-refractivity contribution is -0.173. The average Bonchev–Trinajstić information content (AvgIpc) is 3.22. The minimum Gasteiger partial charge on any atom is -0.497 e. The van der Waals surface area contributed by atoms with Crippen LogP contribution in [-0.4, -0.2) is 59.6 Å². The summed E-state index contributed by atoms with van der Waals surface area (Å²) in [5, 5.41) is 0. The Morgan fingerprint density at radius 1 is 1.03 bits per heavy atom. The van der Waals surface area contributed by atoms with Gasteiger partial charge in [-0.3, -0.25) is 14.7 Å². The number of methoxy groups -OCH3 is 1. The van der Waals surface area contributed by atoms with Crippen molar-refractivity contribution in [3.8, 4) is 5.75 Å². The topological polar surface area (TPSA) is 54.9 Å². The van der Waals surface area contributed by atoms with Gasteiger partial charge in [-0.2, -0.15) is 0 Å². The van der Waals surface area contributed by atoms with E-state index in [0.717, 1.165) is 30.0 Å². The molecule has 2 unspecified atom stereocenters. The number of pyridine rings is 1. The van der Waals surface area contributed by atoms with Crippen molar-refractivity contribution in [2.45, 2.75) is 24.6 Å². The molecule has 0 radical (unpaired) electrons. The molecule has 2 atom stereocenters. The standard InChI is InChI=1S/C27H29N3O3/c1-32-24-11-9-22(10-12-24)17-29-19-25(23-8-5-13-28-16-23)27(20-29)26(31)30(14-15-33-27)18-21-6-3-2-4-7-21/h2-13,16,25H,14-15,17-20H2,1H3. The van der Waals surface area contributed by atoms with Crippen molar-refractivity contribution in [2.24, 2.45) is 0 Å². The van der Waals surface area contributed by atoms with E-state index in [9.17, 15) is 4.79 Å². The van der Waals surface area contributed by atoms with E-state index < -0.39 is 5.60 Å². The van der Waals surface area contributed by atoms with Gasteiger partial charge in [0.05, 0.1) is 13.7 Å². The van der Waals surface area contributed by atoms with E-state index in [4.69, 9.17) is 9.47 Å². The first-order chi connectivity index (χ1) is 16.2. The van der Waals surface area contributed by atoms with Gasteiger partial charge in [0.1, 0.15) is 5.75 Å². The van der Waals surface area contributed by atoms with Crippen LogP contribution in [0.4, 0.5) is 0 Å². The molecule has 0 bridgehead atoms. The van der Waals surface area contributed by atoms with Crippen LogP contribution in [0.3, 0.4) is 0 Å². The minimum absolute atomic E-state index is 0.0729. The van der Waals surface area contributed by atoms with Gasteiger partial charge < -0.3 is 14.4 Å². The van der Waals surface area contributed by atoms with Crippen LogP contribution < -0.4 is 4.74 Å². The van der Waals surface area contributed by atoms with Gasteiger partial charge >= 0.3 is 0 Å². The molecule has 0 N–H and O–H groups in total. The first-order valence-electron chi connectivity index (χ1n) is 11.4. The van der Waals surface area contributed by atoms with Crippen molar-refractivity contribution in [3.63, 3.8) is 0 Å². The minimum atomic E-state index is -0.900. The van der Waals surface area contributed by atoms with Gasteiger partial charge in [-0.05, 0) is 34.9 Å². The fraction of sp³-hybridized carbons (Fsp3) is 0.333. The second kappa shape index (κ2) is 9.33. The molecule has 1 amide bonds. The van der Waals surface area contributed by atoms with E-state index in [-0.39, 0.29) is 11.8 Å². The number of hydrogen-bond acceptors (Lipinski definition) is 5. The molecule has 2 fully saturated rings. The number of rotatable bonds is 6. The van der Waals surface area contributed by atoms with Gasteiger partial charge in [-0.25, -0.2) is 0 Å². The third kappa shape index (κ3) is 4.36. The zero-order valence-electron chi connectivity index (χ0n) is 18.9. The smallest absolute Gasteiger partial charge is 0.257 e. The molecule has 3 heterocycles. The number of nitrogens with zero attached hydrogens (tertiary/aromatic N) is 3. The highest BCUT2D eigenvalue weighted by Crippen LogP contribution is 2.42. The van der Waals surface area contributed by atoms with Crippen LogP contribution in [0.2, 0.25) is 0 Å². The number of carbonyl (C=O) groups excluding carboxylic acids is 1. The third-order valence-corrected chi connectivity index (χ3v) is 6.70. The Morgan fingerprint density at radius 2 is 1.82 bits per heavy atom. The maximum atomic E-state index is 14.0. The zero-order chi connectivity index (χ0) is 22.7. The highest BCUT2D eigenvalue weighted by Gasteiger charge is 2.56. The summed E-state index contributed by atoms with van der Waals surface area (Å²) < 4.78 is 11.7. The number of hydrogen-bond donors (Lipinski definition) is 0. The molecule has 0 aliphatic carbocycles. The number of ether oxygens (including phenoxy) is 2. The van der Waals surface area contributed by atoms with Crippen molar-refractivity contribution in [2.75, 3.05) is 33.4 Å². The third-order valence-electron chi connectivity index (χ3n) is 6.70. The van der Waals surface area contributed by atoms with Gasteiger partial charge in [0, 0.05) is 51.0 Å². The van der Waals surface area contributed by atoms with Crippen molar-refractivity contribution in [3.05, 3.63) is 95.8 Å². The summed E-state index contributed by atoms with van der Waals surface area (Å²) >= 11 is 0. The SMILES string of the molecule is COc1ccc(CN2CC(c3cccnc3)C3(C2)OCCN(Cc2ccccc2)C3=O)cc1. The Hall–Kier alpha value is -3.22. The summed E-state index contributed by atoms with van der Waals surface area (Å²) in [5.41, 5.74) is 2.46. The van der Waals surface area contributed by atoms with Gasteiger partial charge in [-0.15, -0.1) is 0 Å². The Balaban J connectivity index is 1.42. The first kappa shape index (κ1) is 21.6. The molecule has 1 spiro atoms. The predicted octanol–water partition coefficient (Wildman–Crippen LogP) is 3.49. The monoisotopic (exact) mass is 443 g/mol. The molecule has 2 aromatic carbocycles. The molecular formula is C27H29N3O3. The van der Waals surface area contributed by atoms with Crippen molar-refractivity contribution in [1.29, 1.82) is 0 Å². The lowest BCUT2D eigenvalue weighted by Gasteiger charge is -2.42. The molecule has 5 rings (SSSR count). The number of aromatic nitrogens is 1. The van der Waals surface area contributed by atoms with Crippen LogP contribution in [0.5, 0.6) is 5.75 Å². The Morgan fingerprint density at radius 3 is 2.55 bits per heavy atom. The summed E-state index contributed by atoms with van der Waals surface area (Å²) in [7, 11) is 1.67.